The summed E-state index contributed by atoms with van der Waals surface area (Å²) in [7, 11) is 0. The molecule has 206 valence electrons. The van der Waals surface area contributed by atoms with E-state index in [1.54, 1.807) is 0 Å². The molecule has 5 atom stereocenters. The van der Waals surface area contributed by atoms with Crippen molar-refractivity contribution in [3.05, 3.63) is 95.1 Å². The van der Waals surface area contributed by atoms with Gasteiger partial charge in [-0.1, -0.05) is 67.6 Å². The zero-order valence-electron chi connectivity index (χ0n) is 22.6. The van der Waals surface area contributed by atoms with E-state index in [1.807, 2.05) is 48.5 Å². The lowest BCUT2D eigenvalue weighted by Crippen LogP contribution is -2.44. The van der Waals surface area contributed by atoms with Crippen LogP contribution in [0.1, 0.15) is 54.9 Å². The van der Waals surface area contributed by atoms with Gasteiger partial charge < -0.3 is 25.0 Å². The number of nitrogens with one attached hydrogen (secondary N) is 1. The second-order valence-corrected chi connectivity index (χ2v) is 10.8. The molecule has 2 saturated heterocycles. The van der Waals surface area contributed by atoms with Crippen LogP contribution in [0.5, 0.6) is 0 Å². The van der Waals surface area contributed by atoms with Crippen LogP contribution in [-0.4, -0.2) is 52.9 Å². The smallest absolute Gasteiger partial charge is 0.217 e. The number of likely N-dealkylation sites (tertiary alicyclic amines) is 1. The highest BCUT2D eigenvalue weighted by Gasteiger charge is 2.40. The van der Waals surface area contributed by atoms with Crippen LogP contribution in [0.15, 0.2) is 72.8 Å². The largest absolute Gasteiger partial charge is 0.392 e. The number of β-amino-alcohol motifs (C(OH)–C–C–N with tert-alkyl or cyclic N) is 1. The van der Waals surface area contributed by atoms with Crippen LogP contribution >= 0.6 is 0 Å². The van der Waals surface area contributed by atoms with Crippen LogP contribution in [0.25, 0.3) is 11.1 Å². The Hall–Kier alpha value is -3.07. The monoisotopic (exact) mass is 530 g/mol. The topological polar surface area (TPSA) is 91.3 Å². The number of nitrogens with zero attached hydrogens (tertiary/aromatic N) is 1. The minimum atomic E-state index is -0.552. The third-order valence-corrected chi connectivity index (χ3v) is 7.77. The van der Waals surface area contributed by atoms with Crippen molar-refractivity contribution in [1.29, 1.82) is 0 Å². The molecule has 39 heavy (non-hydrogen) atoms. The molecule has 0 bridgehead atoms. The minimum Gasteiger partial charge on any atom is -0.392 e. The number of carbonyl (C=O) groups excluding carboxylic acids is 1. The van der Waals surface area contributed by atoms with Crippen molar-refractivity contribution < 1.29 is 24.5 Å². The number of aliphatic hydroxyl groups excluding tert-OH is 2. The first-order valence-corrected chi connectivity index (χ1v) is 13.7. The maximum absolute atomic E-state index is 11.4. The summed E-state index contributed by atoms with van der Waals surface area (Å²) in [4.78, 5) is 13.6. The number of hydrogen-bond acceptors (Lipinski definition) is 6. The van der Waals surface area contributed by atoms with Crippen molar-refractivity contribution in [2.75, 3.05) is 19.6 Å². The van der Waals surface area contributed by atoms with E-state index >= 15 is 0 Å². The lowest BCUT2D eigenvalue weighted by molar-refractivity contribution is -0.276. The predicted octanol–water partition coefficient (Wildman–Crippen LogP) is 4.34. The van der Waals surface area contributed by atoms with Gasteiger partial charge in [0.1, 0.15) is 0 Å². The molecular formula is C32H38N2O5. The summed E-state index contributed by atoms with van der Waals surface area (Å²) in [5, 5.41) is 22.4. The van der Waals surface area contributed by atoms with Crippen LogP contribution in [-0.2, 0) is 27.4 Å². The van der Waals surface area contributed by atoms with E-state index in [1.165, 1.54) is 6.92 Å². The molecule has 7 heteroatoms. The van der Waals surface area contributed by atoms with Gasteiger partial charge in [0.2, 0.25) is 5.91 Å². The van der Waals surface area contributed by atoms with E-state index in [0.717, 1.165) is 52.9 Å². The summed E-state index contributed by atoms with van der Waals surface area (Å²) in [6.07, 6.45) is -0.310. The Morgan fingerprint density at radius 1 is 0.974 bits per heavy atom. The first-order chi connectivity index (χ1) is 18.9. The van der Waals surface area contributed by atoms with Crippen LogP contribution in [0, 0.1) is 5.92 Å². The van der Waals surface area contributed by atoms with Crippen molar-refractivity contribution in [1.82, 2.24) is 10.2 Å². The normalized spacial score (nSPS) is 25.5. The molecule has 3 aromatic rings. The molecule has 2 fully saturated rings. The molecule has 2 aliphatic heterocycles. The molecule has 3 aromatic carbocycles. The number of amides is 1. The molecule has 2 heterocycles. The van der Waals surface area contributed by atoms with Crippen molar-refractivity contribution in [2.45, 2.75) is 58.0 Å². The fraction of sp³-hybridized carbons (Fsp3) is 0.406. The third-order valence-electron chi connectivity index (χ3n) is 7.77. The summed E-state index contributed by atoms with van der Waals surface area (Å²) in [6, 6.07) is 24.3. The van der Waals surface area contributed by atoms with Gasteiger partial charge in [0.05, 0.1) is 24.9 Å². The third kappa shape index (κ3) is 6.75. The van der Waals surface area contributed by atoms with Crippen LogP contribution in [0.2, 0.25) is 0 Å². The lowest BCUT2D eigenvalue weighted by Gasteiger charge is -2.42. The zero-order valence-corrected chi connectivity index (χ0v) is 22.6. The van der Waals surface area contributed by atoms with E-state index in [2.05, 4.69) is 41.4 Å². The predicted molar refractivity (Wildman–Crippen MR) is 149 cm³/mol. The molecule has 0 radical (unpaired) electrons. The molecule has 0 aromatic heterocycles. The number of ether oxygens (including phenoxy) is 2. The summed E-state index contributed by atoms with van der Waals surface area (Å²) >= 11 is 0. The van der Waals surface area contributed by atoms with Crippen molar-refractivity contribution >= 4 is 5.91 Å². The Bertz CT molecular complexity index is 1260. The number of rotatable bonds is 8. The van der Waals surface area contributed by atoms with E-state index in [0.29, 0.717) is 13.1 Å². The van der Waals surface area contributed by atoms with E-state index in [-0.39, 0.29) is 36.7 Å². The highest BCUT2D eigenvalue weighted by molar-refractivity contribution is 5.73. The van der Waals surface area contributed by atoms with Gasteiger partial charge >= 0.3 is 0 Å². The SMILES string of the molecule is CC(=O)NCc1cccc(-c2cccc([C@H]3O[C@@H](CN4CC[C@H](O)C4)[C@@H](C)[C@@H](c4ccc(CO)cc4)O3)c2)c1. The number of benzene rings is 3. The second-order valence-electron chi connectivity index (χ2n) is 10.8. The Balaban J connectivity index is 1.41. The van der Waals surface area contributed by atoms with Gasteiger partial charge in [-0.3, -0.25) is 9.69 Å². The molecule has 1 amide bonds. The van der Waals surface area contributed by atoms with Gasteiger partial charge in [-0.15, -0.1) is 0 Å². The van der Waals surface area contributed by atoms with Crippen molar-refractivity contribution in [3.8, 4) is 11.1 Å². The number of hydrogen-bond donors (Lipinski definition) is 3. The summed E-state index contributed by atoms with van der Waals surface area (Å²) in [6.45, 7) is 6.43. The van der Waals surface area contributed by atoms with Gasteiger partial charge in [-0.05, 0) is 46.4 Å². The average Bonchev–Trinajstić information content (AvgIpc) is 3.37. The number of carbonyl (C=O) groups is 1. The van der Waals surface area contributed by atoms with Crippen LogP contribution in [0.4, 0.5) is 0 Å². The highest BCUT2D eigenvalue weighted by Crippen LogP contribution is 2.42. The molecule has 7 nitrogen and oxygen atoms in total. The molecule has 5 rings (SSSR count). The van der Waals surface area contributed by atoms with E-state index in [9.17, 15) is 15.0 Å². The highest BCUT2D eigenvalue weighted by atomic mass is 16.7. The Morgan fingerprint density at radius 3 is 2.41 bits per heavy atom. The summed E-state index contributed by atoms with van der Waals surface area (Å²) in [5.41, 5.74) is 6.00. The second kappa shape index (κ2) is 12.4. The molecular weight excluding hydrogens is 492 g/mol. The summed E-state index contributed by atoms with van der Waals surface area (Å²) < 4.78 is 13.3. The quantitative estimate of drug-likeness (QED) is 0.401. The van der Waals surface area contributed by atoms with Crippen molar-refractivity contribution in [3.63, 3.8) is 0 Å². The van der Waals surface area contributed by atoms with Gasteiger partial charge in [0, 0.05) is 44.6 Å². The first kappa shape index (κ1) is 27.5. The van der Waals surface area contributed by atoms with E-state index in [4.69, 9.17) is 9.47 Å². The minimum absolute atomic E-state index is 0.00577. The maximum Gasteiger partial charge on any atom is 0.217 e. The Labute approximate surface area is 230 Å². The van der Waals surface area contributed by atoms with Crippen LogP contribution in [0.3, 0.4) is 0 Å². The van der Waals surface area contributed by atoms with E-state index < -0.39 is 6.29 Å². The molecule has 0 spiro atoms. The molecule has 0 aliphatic carbocycles. The number of aliphatic hydroxyl groups is 2. The molecule has 0 unspecified atom stereocenters. The van der Waals surface area contributed by atoms with Gasteiger partial charge in [-0.25, -0.2) is 0 Å². The zero-order chi connectivity index (χ0) is 27.4. The van der Waals surface area contributed by atoms with Gasteiger partial charge in [0.25, 0.3) is 0 Å². The van der Waals surface area contributed by atoms with Gasteiger partial charge in [0.15, 0.2) is 6.29 Å². The molecule has 0 saturated carbocycles. The van der Waals surface area contributed by atoms with Gasteiger partial charge in [-0.2, -0.15) is 0 Å². The maximum atomic E-state index is 11.4. The fourth-order valence-corrected chi connectivity index (χ4v) is 5.51. The lowest BCUT2D eigenvalue weighted by atomic mass is 9.90. The average molecular weight is 531 g/mol. The van der Waals surface area contributed by atoms with Crippen LogP contribution < -0.4 is 5.32 Å². The molecule has 2 aliphatic rings. The van der Waals surface area contributed by atoms with Crippen molar-refractivity contribution in [2.24, 2.45) is 5.92 Å². The molecule has 3 N–H and O–H groups in total. The standard InChI is InChI=1S/C32H38N2O5/c1-21-30(19-34-14-13-29(37)18-34)38-32(39-31(21)25-11-9-23(20-35)10-12-25)28-8-4-7-27(16-28)26-6-3-5-24(15-26)17-33-22(2)36/h3-12,15-16,21,29-32,35,37H,13-14,17-20H2,1-2H3,(H,33,36)/t21-,29+,30+,31+,32+/m1/s1. The summed E-state index contributed by atoms with van der Waals surface area (Å²) in [5.74, 6) is 0.0365. The Morgan fingerprint density at radius 2 is 1.72 bits per heavy atom. The first-order valence-electron chi connectivity index (χ1n) is 13.7. The fourth-order valence-electron chi connectivity index (χ4n) is 5.51. The Kier molecular flexibility index (Phi) is 8.75.